The predicted octanol–water partition coefficient (Wildman–Crippen LogP) is 2.77. The molecule has 3 aliphatic rings. The lowest BCUT2D eigenvalue weighted by atomic mass is 9.81. The molecule has 178 valence electrons. The Hall–Kier alpha value is -3.35. The van der Waals surface area contributed by atoms with Gasteiger partial charge in [0.25, 0.3) is 5.91 Å². The molecule has 1 aliphatic carbocycles. The maximum atomic E-state index is 13.8. The average Bonchev–Trinajstić information content (AvgIpc) is 3.09. The van der Waals surface area contributed by atoms with Crippen molar-refractivity contribution in [3.05, 3.63) is 66.2 Å². The first-order chi connectivity index (χ1) is 16.6. The van der Waals surface area contributed by atoms with Crippen LogP contribution in [0.3, 0.4) is 0 Å². The summed E-state index contributed by atoms with van der Waals surface area (Å²) in [6.45, 7) is 2.00. The summed E-state index contributed by atoms with van der Waals surface area (Å²) < 4.78 is 0. The molecular formula is C27H32N4O3. The number of nitrogens with one attached hydrogen (secondary N) is 1. The van der Waals surface area contributed by atoms with Crippen LogP contribution in [0.15, 0.2) is 60.7 Å². The zero-order valence-electron chi connectivity index (χ0n) is 19.5. The summed E-state index contributed by atoms with van der Waals surface area (Å²) in [4.78, 5) is 45.0. The Morgan fingerprint density at radius 3 is 2.21 bits per heavy atom. The molecule has 2 aliphatic heterocycles. The molecule has 2 aromatic carbocycles. The van der Waals surface area contributed by atoms with Gasteiger partial charge >= 0.3 is 0 Å². The van der Waals surface area contributed by atoms with Crippen molar-refractivity contribution in [1.29, 1.82) is 0 Å². The molecule has 5 rings (SSSR count). The van der Waals surface area contributed by atoms with Gasteiger partial charge in [0.1, 0.15) is 12.1 Å². The minimum absolute atomic E-state index is 0.0121. The number of piperidine rings is 1. The zero-order valence-corrected chi connectivity index (χ0v) is 19.5. The molecule has 1 N–H and O–H groups in total. The Kier molecular flexibility index (Phi) is 6.26. The molecule has 1 saturated carbocycles. The van der Waals surface area contributed by atoms with Crippen LogP contribution in [-0.2, 0) is 20.9 Å². The first-order valence-corrected chi connectivity index (χ1v) is 12.3. The summed E-state index contributed by atoms with van der Waals surface area (Å²) in [5, 5.41) is 2.94. The maximum Gasteiger partial charge on any atom is 0.250 e. The summed E-state index contributed by atoms with van der Waals surface area (Å²) in [5.41, 5.74) is 1.29. The van der Waals surface area contributed by atoms with Crippen LogP contribution in [0.2, 0.25) is 0 Å². The van der Waals surface area contributed by atoms with Crippen LogP contribution < -0.4 is 10.2 Å². The van der Waals surface area contributed by atoms with Crippen molar-refractivity contribution in [2.45, 2.75) is 44.2 Å². The first kappa shape index (κ1) is 22.4. The van der Waals surface area contributed by atoms with E-state index in [0.717, 1.165) is 30.5 Å². The highest BCUT2D eigenvalue weighted by atomic mass is 16.2. The minimum Gasteiger partial charge on any atom is -0.350 e. The third-order valence-corrected chi connectivity index (χ3v) is 7.61. The number of para-hydroxylation sites is 1. The fourth-order valence-corrected chi connectivity index (χ4v) is 5.36. The molecule has 0 aromatic heterocycles. The van der Waals surface area contributed by atoms with Crippen molar-refractivity contribution in [2.24, 2.45) is 5.92 Å². The largest absolute Gasteiger partial charge is 0.350 e. The molecule has 0 atom stereocenters. The van der Waals surface area contributed by atoms with E-state index in [1.807, 2.05) is 65.6 Å². The van der Waals surface area contributed by atoms with Crippen molar-refractivity contribution in [1.82, 2.24) is 15.1 Å². The minimum atomic E-state index is -0.711. The number of rotatable bonds is 6. The number of likely N-dealkylation sites (tertiary alicyclic amines) is 1. The van der Waals surface area contributed by atoms with Crippen LogP contribution in [0.4, 0.5) is 5.69 Å². The van der Waals surface area contributed by atoms with Gasteiger partial charge in [0.05, 0.1) is 6.67 Å². The van der Waals surface area contributed by atoms with Gasteiger partial charge < -0.3 is 20.0 Å². The third kappa shape index (κ3) is 4.27. The molecule has 0 radical (unpaired) electrons. The van der Waals surface area contributed by atoms with E-state index in [-0.39, 0.29) is 30.2 Å². The standard InChI is InChI=1S/C27H32N4O3/c32-24(28-18-21-8-3-1-4-9-21)19-30-20-31(23-12-5-2-6-13-23)27(26(30)34)14-16-29(17-15-27)25(33)22-10-7-11-22/h1-6,8-9,12-13,22H,7,10-11,14-20H2,(H,28,32). The van der Waals surface area contributed by atoms with Gasteiger partial charge in [-0.1, -0.05) is 55.0 Å². The number of benzene rings is 2. The number of amides is 3. The Morgan fingerprint density at radius 2 is 1.59 bits per heavy atom. The van der Waals surface area contributed by atoms with Gasteiger partial charge in [-0.15, -0.1) is 0 Å². The van der Waals surface area contributed by atoms with Gasteiger partial charge in [0, 0.05) is 31.2 Å². The zero-order chi connectivity index (χ0) is 23.5. The average molecular weight is 461 g/mol. The molecule has 34 heavy (non-hydrogen) atoms. The van der Waals surface area contributed by atoms with Gasteiger partial charge in [-0.2, -0.15) is 0 Å². The van der Waals surface area contributed by atoms with Gasteiger partial charge in [-0.25, -0.2) is 0 Å². The lowest BCUT2D eigenvalue weighted by Crippen LogP contribution is -2.58. The fourth-order valence-electron chi connectivity index (χ4n) is 5.36. The van der Waals surface area contributed by atoms with E-state index in [1.54, 1.807) is 4.90 Å². The number of carbonyl (C=O) groups excluding carboxylic acids is 3. The van der Waals surface area contributed by atoms with Crippen molar-refractivity contribution >= 4 is 23.4 Å². The van der Waals surface area contributed by atoms with Crippen LogP contribution in [-0.4, -0.2) is 59.4 Å². The number of nitrogens with zero attached hydrogens (tertiary/aromatic N) is 3. The highest BCUT2D eigenvalue weighted by molar-refractivity contribution is 5.96. The van der Waals surface area contributed by atoms with E-state index in [1.165, 1.54) is 0 Å². The molecule has 7 heteroatoms. The molecular weight excluding hydrogens is 428 g/mol. The normalized spacial score (nSPS) is 19.9. The Labute approximate surface area is 200 Å². The molecule has 7 nitrogen and oxygen atoms in total. The highest BCUT2D eigenvalue weighted by Crippen LogP contribution is 2.40. The van der Waals surface area contributed by atoms with Gasteiger partial charge in [0.2, 0.25) is 11.8 Å². The molecule has 3 amide bonds. The quantitative estimate of drug-likeness (QED) is 0.720. The van der Waals surface area contributed by atoms with Gasteiger partial charge in [0.15, 0.2) is 0 Å². The van der Waals surface area contributed by atoms with E-state index in [9.17, 15) is 14.4 Å². The topological polar surface area (TPSA) is 73.0 Å². The first-order valence-electron chi connectivity index (χ1n) is 12.3. The number of anilines is 1. The third-order valence-electron chi connectivity index (χ3n) is 7.61. The molecule has 0 bridgehead atoms. The predicted molar refractivity (Wildman–Crippen MR) is 130 cm³/mol. The Bertz CT molecular complexity index is 1030. The van der Waals surface area contributed by atoms with Crippen LogP contribution >= 0.6 is 0 Å². The van der Waals surface area contributed by atoms with E-state index in [2.05, 4.69) is 10.2 Å². The molecule has 0 unspecified atom stereocenters. The smallest absolute Gasteiger partial charge is 0.250 e. The van der Waals surface area contributed by atoms with Gasteiger partial charge in [-0.3, -0.25) is 14.4 Å². The molecule has 1 spiro atoms. The van der Waals surface area contributed by atoms with Crippen molar-refractivity contribution in [3.8, 4) is 0 Å². The second-order valence-corrected chi connectivity index (χ2v) is 9.66. The summed E-state index contributed by atoms with van der Waals surface area (Å²) in [7, 11) is 0. The molecule has 3 fully saturated rings. The number of hydrogen-bond acceptors (Lipinski definition) is 4. The fraction of sp³-hybridized carbons (Fsp3) is 0.444. The molecule has 2 saturated heterocycles. The Balaban J connectivity index is 1.29. The second kappa shape index (κ2) is 9.49. The van der Waals surface area contributed by atoms with Crippen LogP contribution in [0, 0.1) is 5.92 Å². The van der Waals surface area contributed by atoms with Crippen molar-refractivity contribution < 1.29 is 14.4 Å². The van der Waals surface area contributed by atoms with Crippen LogP contribution in [0.5, 0.6) is 0 Å². The second-order valence-electron chi connectivity index (χ2n) is 9.66. The van der Waals surface area contributed by atoms with Crippen LogP contribution in [0.1, 0.15) is 37.7 Å². The van der Waals surface area contributed by atoms with E-state index in [0.29, 0.717) is 39.1 Å². The monoisotopic (exact) mass is 460 g/mol. The SMILES string of the molecule is O=C(CN1CN(c2ccccc2)C2(CCN(C(=O)C3CCC3)CC2)C1=O)NCc1ccccc1. The summed E-state index contributed by atoms with van der Waals surface area (Å²) in [5.74, 6) is 0.236. The summed E-state index contributed by atoms with van der Waals surface area (Å²) >= 11 is 0. The number of hydrogen-bond donors (Lipinski definition) is 1. The van der Waals surface area contributed by atoms with Crippen molar-refractivity contribution in [2.75, 3.05) is 31.2 Å². The van der Waals surface area contributed by atoms with E-state index in [4.69, 9.17) is 0 Å². The highest BCUT2D eigenvalue weighted by Gasteiger charge is 2.54. The lowest BCUT2D eigenvalue weighted by Gasteiger charge is -2.44. The maximum absolute atomic E-state index is 13.8. The molecule has 2 aromatic rings. The van der Waals surface area contributed by atoms with Crippen LogP contribution in [0.25, 0.3) is 0 Å². The van der Waals surface area contributed by atoms with E-state index >= 15 is 0 Å². The summed E-state index contributed by atoms with van der Waals surface area (Å²) in [6.07, 6.45) is 4.28. The van der Waals surface area contributed by atoms with Crippen molar-refractivity contribution in [3.63, 3.8) is 0 Å². The number of carbonyl (C=O) groups is 3. The van der Waals surface area contributed by atoms with Gasteiger partial charge in [-0.05, 0) is 43.4 Å². The van der Waals surface area contributed by atoms with E-state index < -0.39 is 5.54 Å². The molecule has 2 heterocycles. The lowest BCUT2D eigenvalue weighted by molar-refractivity contribution is -0.143. The Morgan fingerprint density at radius 1 is 0.941 bits per heavy atom. The summed E-state index contributed by atoms with van der Waals surface area (Å²) in [6, 6.07) is 19.7.